The van der Waals surface area contributed by atoms with Crippen molar-refractivity contribution in [1.29, 1.82) is 0 Å². The molecule has 0 heterocycles. The first-order chi connectivity index (χ1) is 10.8. The number of carbonyl (C=O) groups is 3. The molecule has 0 aliphatic heterocycles. The second-order valence-electron chi connectivity index (χ2n) is 6.81. The van der Waals surface area contributed by atoms with Crippen LogP contribution in [-0.2, 0) is 14.3 Å². The third kappa shape index (κ3) is 6.59. The van der Waals surface area contributed by atoms with Crippen molar-refractivity contribution in [3.8, 4) is 0 Å². The van der Waals surface area contributed by atoms with Gasteiger partial charge in [0.05, 0.1) is 5.92 Å². The molecule has 3 N–H and O–H groups in total. The molecular formula is C17H30N2O4. The van der Waals surface area contributed by atoms with Crippen LogP contribution in [0, 0.1) is 17.8 Å². The minimum Gasteiger partial charge on any atom is -0.452 e. The van der Waals surface area contributed by atoms with Crippen molar-refractivity contribution in [1.82, 2.24) is 5.32 Å². The lowest BCUT2D eigenvalue weighted by atomic mass is 9.80. The molecule has 132 valence electrons. The average Bonchev–Trinajstić information content (AvgIpc) is 2.49. The van der Waals surface area contributed by atoms with Gasteiger partial charge in [-0.25, -0.2) is 4.79 Å². The van der Waals surface area contributed by atoms with E-state index in [-0.39, 0.29) is 17.8 Å². The van der Waals surface area contributed by atoms with E-state index in [1.165, 1.54) is 19.3 Å². The Kier molecular flexibility index (Phi) is 8.06. The standard InChI is InChI=1S/C17H30N2O4/c1-4-5-6-12-7-9-13(10-8-12)16(21)23-14(11(2)3)15(20)19-17(18)22/h11-14H,4-10H2,1-3H3,(H3,18,19,20,22). The molecule has 0 aromatic rings. The molecular weight excluding hydrogens is 296 g/mol. The highest BCUT2D eigenvalue weighted by Gasteiger charge is 2.32. The predicted molar refractivity (Wildman–Crippen MR) is 87.4 cm³/mol. The number of esters is 1. The lowest BCUT2D eigenvalue weighted by Gasteiger charge is -2.29. The van der Waals surface area contributed by atoms with Crippen LogP contribution in [0.3, 0.4) is 0 Å². The molecule has 6 nitrogen and oxygen atoms in total. The van der Waals surface area contributed by atoms with E-state index in [0.717, 1.165) is 25.7 Å². The summed E-state index contributed by atoms with van der Waals surface area (Å²) in [5.74, 6) is -0.650. The summed E-state index contributed by atoms with van der Waals surface area (Å²) in [6.07, 6.45) is 6.40. The van der Waals surface area contributed by atoms with E-state index in [2.05, 4.69) is 6.92 Å². The number of imide groups is 1. The van der Waals surface area contributed by atoms with Crippen LogP contribution in [0.5, 0.6) is 0 Å². The van der Waals surface area contributed by atoms with Crippen molar-refractivity contribution in [2.45, 2.75) is 71.8 Å². The maximum absolute atomic E-state index is 12.3. The van der Waals surface area contributed by atoms with E-state index < -0.39 is 18.0 Å². The number of primary amides is 1. The molecule has 1 saturated carbocycles. The minimum absolute atomic E-state index is 0.143. The van der Waals surface area contributed by atoms with Crippen molar-refractivity contribution in [2.24, 2.45) is 23.5 Å². The predicted octanol–water partition coefficient (Wildman–Crippen LogP) is 2.75. The van der Waals surface area contributed by atoms with Gasteiger partial charge in [-0.15, -0.1) is 0 Å². The molecule has 1 fully saturated rings. The van der Waals surface area contributed by atoms with Crippen LogP contribution < -0.4 is 11.1 Å². The van der Waals surface area contributed by atoms with E-state index in [4.69, 9.17) is 10.5 Å². The Morgan fingerprint density at radius 3 is 2.26 bits per heavy atom. The van der Waals surface area contributed by atoms with Crippen LogP contribution >= 0.6 is 0 Å². The minimum atomic E-state index is -0.979. The van der Waals surface area contributed by atoms with Gasteiger partial charge in [0.25, 0.3) is 5.91 Å². The van der Waals surface area contributed by atoms with E-state index in [0.29, 0.717) is 5.92 Å². The van der Waals surface area contributed by atoms with E-state index >= 15 is 0 Å². The maximum Gasteiger partial charge on any atom is 0.318 e. The Morgan fingerprint density at radius 1 is 1.17 bits per heavy atom. The third-order valence-corrected chi connectivity index (χ3v) is 4.50. The van der Waals surface area contributed by atoms with Gasteiger partial charge in [-0.2, -0.15) is 0 Å². The molecule has 1 aliphatic rings. The van der Waals surface area contributed by atoms with E-state index in [1.54, 1.807) is 13.8 Å². The fraction of sp³-hybridized carbons (Fsp3) is 0.824. The first-order valence-electron chi connectivity index (χ1n) is 8.65. The lowest BCUT2D eigenvalue weighted by molar-refractivity contribution is -0.163. The Balaban J connectivity index is 2.50. The van der Waals surface area contributed by atoms with Crippen molar-refractivity contribution >= 4 is 17.9 Å². The zero-order valence-electron chi connectivity index (χ0n) is 14.5. The number of ether oxygens (including phenoxy) is 1. The zero-order valence-corrected chi connectivity index (χ0v) is 14.5. The molecule has 0 aromatic heterocycles. The summed E-state index contributed by atoms with van der Waals surface area (Å²) in [7, 11) is 0. The van der Waals surface area contributed by atoms with Crippen LogP contribution in [0.2, 0.25) is 0 Å². The summed E-state index contributed by atoms with van der Waals surface area (Å²) < 4.78 is 5.37. The number of hydrogen-bond acceptors (Lipinski definition) is 4. The number of carbonyl (C=O) groups excluding carboxylic acids is 3. The van der Waals surface area contributed by atoms with Gasteiger partial charge in [0.1, 0.15) is 0 Å². The lowest BCUT2D eigenvalue weighted by Crippen LogP contribution is -2.46. The van der Waals surface area contributed by atoms with E-state index in [1.807, 2.05) is 5.32 Å². The molecule has 0 spiro atoms. The monoisotopic (exact) mass is 326 g/mol. The van der Waals surface area contributed by atoms with Gasteiger partial charge in [-0.3, -0.25) is 14.9 Å². The van der Waals surface area contributed by atoms with Crippen LogP contribution in [0.25, 0.3) is 0 Å². The molecule has 3 amide bonds. The van der Waals surface area contributed by atoms with Gasteiger partial charge < -0.3 is 10.5 Å². The second-order valence-corrected chi connectivity index (χ2v) is 6.81. The van der Waals surface area contributed by atoms with Gasteiger partial charge in [-0.05, 0) is 37.5 Å². The van der Waals surface area contributed by atoms with Gasteiger partial charge in [0.2, 0.25) is 0 Å². The molecule has 1 atom stereocenters. The number of nitrogens with one attached hydrogen (secondary N) is 1. The second kappa shape index (κ2) is 9.53. The number of rotatable bonds is 7. The highest BCUT2D eigenvalue weighted by Crippen LogP contribution is 2.32. The van der Waals surface area contributed by atoms with Crippen molar-refractivity contribution in [3.63, 3.8) is 0 Å². The molecule has 1 rings (SSSR count). The smallest absolute Gasteiger partial charge is 0.318 e. The Morgan fingerprint density at radius 2 is 1.78 bits per heavy atom. The molecule has 6 heteroatoms. The summed E-state index contributed by atoms with van der Waals surface area (Å²) in [4.78, 5) is 35.0. The number of urea groups is 1. The molecule has 1 unspecified atom stereocenters. The Labute approximate surface area is 138 Å². The molecule has 0 bridgehead atoms. The van der Waals surface area contributed by atoms with Gasteiger partial charge >= 0.3 is 12.0 Å². The molecule has 0 saturated heterocycles. The van der Waals surface area contributed by atoms with Crippen LogP contribution in [0.4, 0.5) is 4.79 Å². The third-order valence-electron chi connectivity index (χ3n) is 4.50. The number of amides is 3. The molecule has 0 aromatic carbocycles. The maximum atomic E-state index is 12.3. The van der Waals surface area contributed by atoms with Gasteiger partial charge in [0, 0.05) is 0 Å². The normalized spacial score (nSPS) is 22.4. The topological polar surface area (TPSA) is 98.5 Å². The highest BCUT2D eigenvalue weighted by atomic mass is 16.5. The summed E-state index contributed by atoms with van der Waals surface area (Å²) in [6.45, 7) is 5.71. The van der Waals surface area contributed by atoms with Gasteiger partial charge in [0.15, 0.2) is 6.10 Å². The summed E-state index contributed by atoms with van der Waals surface area (Å²) in [6, 6.07) is -0.937. The quantitative estimate of drug-likeness (QED) is 0.703. The number of unbranched alkanes of at least 4 members (excludes halogenated alkanes) is 1. The van der Waals surface area contributed by atoms with Crippen molar-refractivity contribution < 1.29 is 19.1 Å². The van der Waals surface area contributed by atoms with Crippen LogP contribution in [0.1, 0.15) is 65.7 Å². The summed E-state index contributed by atoms with van der Waals surface area (Å²) in [5, 5.41) is 1.99. The number of nitrogens with two attached hydrogens (primary N) is 1. The first-order valence-corrected chi connectivity index (χ1v) is 8.65. The van der Waals surface area contributed by atoms with E-state index in [9.17, 15) is 14.4 Å². The molecule has 23 heavy (non-hydrogen) atoms. The largest absolute Gasteiger partial charge is 0.452 e. The Hall–Kier alpha value is -1.59. The zero-order chi connectivity index (χ0) is 17.4. The SMILES string of the molecule is CCCCC1CCC(C(=O)OC(C(=O)NC(N)=O)C(C)C)CC1. The van der Waals surface area contributed by atoms with Crippen molar-refractivity contribution in [2.75, 3.05) is 0 Å². The van der Waals surface area contributed by atoms with Gasteiger partial charge in [-0.1, -0.05) is 40.0 Å². The first kappa shape index (κ1) is 19.5. The summed E-state index contributed by atoms with van der Waals surface area (Å²) >= 11 is 0. The number of hydrogen-bond donors (Lipinski definition) is 2. The highest BCUT2D eigenvalue weighted by molar-refractivity contribution is 5.96. The van der Waals surface area contributed by atoms with Crippen LogP contribution in [-0.4, -0.2) is 24.0 Å². The fourth-order valence-corrected chi connectivity index (χ4v) is 3.09. The fourth-order valence-electron chi connectivity index (χ4n) is 3.09. The van der Waals surface area contributed by atoms with Crippen LogP contribution in [0.15, 0.2) is 0 Å². The molecule has 0 radical (unpaired) electrons. The average molecular weight is 326 g/mol. The summed E-state index contributed by atoms with van der Waals surface area (Å²) in [5.41, 5.74) is 4.95. The van der Waals surface area contributed by atoms with Crippen molar-refractivity contribution in [3.05, 3.63) is 0 Å². The Bertz CT molecular complexity index is 415. The molecule has 1 aliphatic carbocycles.